The molecular weight excluding hydrogens is 312 g/mol. The Balaban J connectivity index is 1.61. The Hall–Kier alpha value is -0.750. The molecule has 0 aromatic rings. The fourth-order valence-corrected chi connectivity index (χ4v) is 5.89. The summed E-state index contributed by atoms with van der Waals surface area (Å²) in [6.07, 6.45) is 7.92. The Morgan fingerprint density at radius 1 is 1.35 bits per heavy atom. The van der Waals surface area contributed by atoms with Crippen LogP contribution in [-0.4, -0.2) is 51.6 Å². The quantitative estimate of drug-likeness (QED) is 0.802. The van der Waals surface area contributed by atoms with Crippen LogP contribution in [0.15, 0.2) is 0 Å². The molecule has 2 aliphatic heterocycles. The van der Waals surface area contributed by atoms with Gasteiger partial charge in [0, 0.05) is 25.3 Å². The van der Waals surface area contributed by atoms with E-state index in [2.05, 4.69) is 12.2 Å². The molecule has 3 aliphatic rings. The number of aliphatic hydroxyl groups is 1. The molecule has 2 amide bonds. The van der Waals surface area contributed by atoms with Crippen LogP contribution in [0.1, 0.15) is 58.3 Å². The average Bonchev–Trinajstić information content (AvgIpc) is 3.03. The molecule has 5 nitrogen and oxygen atoms in total. The number of rotatable bonds is 5. The molecule has 23 heavy (non-hydrogen) atoms. The van der Waals surface area contributed by atoms with E-state index in [0.717, 1.165) is 25.7 Å². The summed E-state index contributed by atoms with van der Waals surface area (Å²) in [5, 5.41) is 12.5. The highest BCUT2D eigenvalue weighted by Gasteiger charge is 2.53. The number of thioether (sulfide) groups is 1. The minimum atomic E-state index is -0.324. The monoisotopic (exact) mass is 340 g/mol. The van der Waals surface area contributed by atoms with Gasteiger partial charge in [0.2, 0.25) is 11.8 Å². The molecule has 2 N–H and O–H groups in total. The van der Waals surface area contributed by atoms with Gasteiger partial charge < -0.3 is 15.3 Å². The van der Waals surface area contributed by atoms with E-state index in [1.807, 2.05) is 4.90 Å². The largest absolute Gasteiger partial charge is 0.396 e. The maximum absolute atomic E-state index is 12.7. The summed E-state index contributed by atoms with van der Waals surface area (Å²) in [6, 6.07) is -0.324. The first-order valence-corrected chi connectivity index (χ1v) is 9.83. The Morgan fingerprint density at radius 2 is 2.09 bits per heavy atom. The second-order valence-corrected chi connectivity index (χ2v) is 9.02. The molecule has 130 valence electrons. The molecular formula is C17H28N2O3S. The van der Waals surface area contributed by atoms with Crippen molar-refractivity contribution >= 4 is 23.6 Å². The molecule has 1 aliphatic carbocycles. The van der Waals surface area contributed by atoms with Crippen molar-refractivity contribution in [2.24, 2.45) is 5.41 Å². The summed E-state index contributed by atoms with van der Waals surface area (Å²) < 4.78 is 0. The minimum absolute atomic E-state index is 0.0145. The number of aliphatic hydroxyl groups excluding tert-OH is 1. The third-order valence-corrected chi connectivity index (χ3v) is 7.45. The van der Waals surface area contributed by atoms with Crippen LogP contribution in [0.25, 0.3) is 0 Å². The lowest BCUT2D eigenvalue weighted by Gasteiger charge is -2.38. The molecule has 3 fully saturated rings. The number of nitrogens with one attached hydrogen (secondary N) is 1. The highest BCUT2D eigenvalue weighted by atomic mass is 32.2. The highest BCUT2D eigenvalue weighted by molar-refractivity contribution is 8.01. The van der Waals surface area contributed by atoms with Gasteiger partial charge in [0.15, 0.2) is 0 Å². The van der Waals surface area contributed by atoms with Gasteiger partial charge in [-0.2, -0.15) is 0 Å². The fraction of sp³-hybridized carbons (Fsp3) is 0.882. The summed E-state index contributed by atoms with van der Waals surface area (Å²) in [5.41, 5.74) is 0.0483. The summed E-state index contributed by atoms with van der Waals surface area (Å²) in [4.78, 5) is 26.5. The Bertz CT molecular complexity index is 473. The first kappa shape index (κ1) is 17.1. The SMILES string of the molecule is C[C@@]12CCC(=O)N1[C@@H](C(=O)NCC1(CCO)CCCCC1)CS2. The second kappa shape index (κ2) is 6.63. The van der Waals surface area contributed by atoms with E-state index in [0.29, 0.717) is 18.7 Å². The molecule has 1 saturated carbocycles. The normalized spacial score (nSPS) is 32.9. The van der Waals surface area contributed by atoms with E-state index in [1.165, 1.54) is 19.3 Å². The number of carbonyl (C=O) groups is 2. The highest BCUT2D eigenvalue weighted by Crippen LogP contribution is 2.47. The van der Waals surface area contributed by atoms with Gasteiger partial charge in [-0.3, -0.25) is 9.59 Å². The zero-order valence-electron chi connectivity index (χ0n) is 14.0. The topological polar surface area (TPSA) is 69.6 Å². The molecule has 2 saturated heterocycles. The van der Waals surface area contributed by atoms with Crippen molar-refractivity contribution in [3.63, 3.8) is 0 Å². The van der Waals surface area contributed by atoms with E-state index in [1.54, 1.807) is 11.8 Å². The summed E-state index contributed by atoms with van der Waals surface area (Å²) in [7, 11) is 0. The van der Waals surface area contributed by atoms with E-state index < -0.39 is 0 Å². The first-order valence-electron chi connectivity index (χ1n) is 8.84. The summed E-state index contributed by atoms with van der Waals surface area (Å²) >= 11 is 1.73. The van der Waals surface area contributed by atoms with Crippen molar-refractivity contribution < 1.29 is 14.7 Å². The van der Waals surface area contributed by atoms with Crippen molar-refractivity contribution in [2.45, 2.75) is 69.2 Å². The Kier molecular flexibility index (Phi) is 4.93. The zero-order chi connectivity index (χ0) is 16.5. The number of carbonyl (C=O) groups excluding carboxylic acids is 2. The van der Waals surface area contributed by atoms with Gasteiger partial charge in [-0.05, 0) is 38.0 Å². The lowest BCUT2D eigenvalue weighted by molar-refractivity contribution is -0.138. The van der Waals surface area contributed by atoms with Crippen LogP contribution in [0, 0.1) is 5.41 Å². The van der Waals surface area contributed by atoms with Crippen molar-refractivity contribution in [2.75, 3.05) is 18.9 Å². The zero-order valence-corrected chi connectivity index (χ0v) is 14.8. The second-order valence-electron chi connectivity index (χ2n) is 7.52. The minimum Gasteiger partial charge on any atom is -0.396 e. The van der Waals surface area contributed by atoms with E-state index in [-0.39, 0.29) is 34.7 Å². The van der Waals surface area contributed by atoms with Crippen molar-refractivity contribution in [3.05, 3.63) is 0 Å². The van der Waals surface area contributed by atoms with Gasteiger partial charge in [0.25, 0.3) is 0 Å². The first-order chi connectivity index (χ1) is 11.0. The average molecular weight is 340 g/mol. The lowest BCUT2D eigenvalue weighted by Crippen LogP contribution is -2.52. The van der Waals surface area contributed by atoms with Crippen LogP contribution in [0.2, 0.25) is 0 Å². The van der Waals surface area contributed by atoms with Crippen LogP contribution in [0.3, 0.4) is 0 Å². The predicted molar refractivity (Wildman–Crippen MR) is 91.0 cm³/mol. The smallest absolute Gasteiger partial charge is 0.243 e. The Labute approximate surface area is 142 Å². The van der Waals surface area contributed by atoms with Gasteiger partial charge >= 0.3 is 0 Å². The number of fused-ring (bicyclic) bond motifs is 1. The Morgan fingerprint density at radius 3 is 2.78 bits per heavy atom. The van der Waals surface area contributed by atoms with Gasteiger partial charge in [-0.1, -0.05) is 19.3 Å². The van der Waals surface area contributed by atoms with Crippen molar-refractivity contribution in [1.29, 1.82) is 0 Å². The third kappa shape index (κ3) is 3.25. The van der Waals surface area contributed by atoms with Crippen LogP contribution in [0.4, 0.5) is 0 Å². The fourth-order valence-electron chi connectivity index (χ4n) is 4.46. The van der Waals surface area contributed by atoms with Gasteiger partial charge in [0.1, 0.15) is 6.04 Å². The van der Waals surface area contributed by atoms with Crippen LogP contribution in [0.5, 0.6) is 0 Å². The number of hydrogen-bond donors (Lipinski definition) is 2. The molecule has 2 heterocycles. The number of hydrogen-bond acceptors (Lipinski definition) is 4. The van der Waals surface area contributed by atoms with E-state index in [9.17, 15) is 14.7 Å². The standard InChI is InChI=1S/C17H28N2O3S/c1-16-8-5-14(21)19(16)13(11-23-16)15(22)18-12-17(9-10-20)6-3-2-4-7-17/h13,20H,2-12H2,1H3,(H,18,22)/t13-,16-/m1/s1. The molecule has 0 unspecified atom stereocenters. The number of amides is 2. The molecule has 0 radical (unpaired) electrons. The van der Waals surface area contributed by atoms with Crippen molar-refractivity contribution in [1.82, 2.24) is 10.2 Å². The molecule has 3 rings (SSSR count). The van der Waals surface area contributed by atoms with Crippen molar-refractivity contribution in [3.8, 4) is 0 Å². The summed E-state index contributed by atoms with van der Waals surface area (Å²) in [6.45, 7) is 2.88. The molecule has 0 aromatic heterocycles. The van der Waals surface area contributed by atoms with Crippen LogP contribution >= 0.6 is 11.8 Å². The third-order valence-electron chi connectivity index (χ3n) is 5.94. The molecule has 2 atom stereocenters. The van der Waals surface area contributed by atoms with Gasteiger partial charge in [0.05, 0.1) is 4.87 Å². The molecule has 0 spiro atoms. The predicted octanol–water partition coefficient (Wildman–Crippen LogP) is 1.89. The van der Waals surface area contributed by atoms with E-state index in [4.69, 9.17) is 0 Å². The maximum atomic E-state index is 12.7. The molecule has 0 bridgehead atoms. The van der Waals surface area contributed by atoms with Gasteiger partial charge in [-0.25, -0.2) is 0 Å². The lowest BCUT2D eigenvalue weighted by atomic mass is 9.72. The number of nitrogens with zero attached hydrogens (tertiary/aromatic N) is 1. The summed E-state index contributed by atoms with van der Waals surface area (Å²) in [5.74, 6) is 0.793. The molecule has 6 heteroatoms. The molecule has 0 aromatic carbocycles. The maximum Gasteiger partial charge on any atom is 0.243 e. The van der Waals surface area contributed by atoms with Crippen LogP contribution in [-0.2, 0) is 9.59 Å². The van der Waals surface area contributed by atoms with E-state index >= 15 is 0 Å². The van der Waals surface area contributed by atoms with Gasteiger partial charge in [-0.15, -0.1) is 11.8 Å². The van der Waals surface area contributed by atoms with Crippen LogP contribution < -0.4 is 5.32 Å².